The number of nitrogens with zero attached hydrogens (tertiary/aromatic N) is 2. The number of aromatic nitrogens is 2. The second-order valence-electron chi connectivity index (χ2n) is 3.18. The molecule has 8 heteroatoms. The predicted octanol–water partition coefficient (Wildman–Crippen LogP) is 2.43. The van der Waals surface area contributed by atoms with Gasteiger partial charge in [-0.3, -0.25) is 14.9 Å². The van der Waals surface area contributed by atoms with Gasteiger partial charge in [-0.1, -0.05) is 23.9 Å². The second kappa shape index (κ2) is 5.48. The average Bonchev–Trinajstić information content (AvgIpc) is 2.35. The quantitative estimate of drug-likeness (QED) is 0.385. The van der Waals surface area contributed by atoms with E-state index in [1.807, 2.05) is 22.6 Å². The first-order valence-corrected chi connectivity index (χ1v) is 6.63. The van der Waals surface area contributed by atoms with E-state index in [0.717, 1.165) is 11.8 Å². The van der Waals surface area contributed by atoms with Gasteiger partial charge in [-0.15, -0.1) is 0 Å². The number of aromatic amines is 1. The van der Waals surface area contributed by atoms with Crippen LogP contribution in [0, 0.1) is 13.7 Å². The summed E-state index contributed by atoms with van der Waals surface area (Å²) in [5.74, 6) is 0. The van der Waals surface area contributed by atoms with E-state index in [2.05, 4.69) is 9.97 Å². The van der Waals surface area contributed by atoms with E-state index >= 15 is 0 Å². The standard InChI is InChI=1S/C10H6IN3O3S/c11-8-9(15)12-5-13-10(8)18-7-4-2-1-3-6(7)14(16)17/h1-5H,(H,12,13,15). The van der Waals surface area contributed by atoms with Crippen LogP contribution in [0.3, 0.4) is 0 Å². The van der Waals surface area contributed by atoms with Crippen molar-refractivity contribution in [1.82, 2.24) is 9.97 Å². The Balaban J connectivity index is 2.43. The maximum absolute atomic E-state index is 11.4. The van der Waals surface area contributed by atoms with Gasteiger partial charge in [0.15, 0.2) is 0 Å². The molecule has 18 heavy (non-hydrogen) atoms. The lowest BCUT2D eigenvalue weighted by Gasteiger charge is -2.02. The fourth-order valence-corrected chi connectivity index (χ4v) is 2.75. The maximum Gasteiger partial charge on any atom is 0.283 e. The third kappa shape index (κ3) is 2.70. The van der Waals surface area contributed by atoms with Crippen molar-refractivity contribution < 1.29 is 4.92 Å². The monoisotopic (exact) mass is 375 g/mol. The van der Waals surface area contributed by atoms with Crippen LogP contribution in [0.2, 0.25) is 0 Å². The number of hydrogen-bond acceptors (Lipinski definition) is 5. The van der Waals surface area contributed by atoms with Gasteiger partial charge in [0.05, 0.1) is 16.1 Å². The number of rotatable bonds is 3. The van der Waals surface area contributed by atoms with Gasteiger partial charge in [-0.05, 0) is 28.7 Å². The third-order valence-corrected chi connectivity index (χ3v) is 4.47. The first-order chi connectivity index (χ1) is 8.59. The van der Waals surface area contributed by atoms with Gasteiger partial charge in [0.1, 0.15) is 8.60 Å². The van der Waals surface area contributed by atoms with Crippen molar-refractivity contribution in [1.29, 1.82) is 0 Å². The van der Waals surface area contributed by atoms with Crippen LogP contribution in [-0.2, 0) is 0 Å². The molecule has 0 saturated carbocycles. The summed E-state index contributed by atoms with van der Waals surface area (Å²) in [5, 5.41) is 11.3. The Morgan fingerprint density at radius 2 is 2.11 bits per heavy atom. The minimum absolute atomic E-state index is 0.000353. The van der Waals surface area contributed by atoms with Crippen LogP contribution in [-0.4, -0.2) is 14.9 Å². The molecule has 1 heterocycles. The number of nitrogens with one attached hydrogen (secondary N) is 1. The number of nitro benzene ring substituents is 1. The molecule has 1 aromatic heterocycles. The van der Waals surface area contributed by atoms with Crippen molar-refractivity contribution in [3.05, 3.63) is 54.6 Å². The molecule has 2 aromatic rings. The van der Waals surface area contributed by atoms with Crippen LogP contribution in [0.25, 0.3) is 0 Å². The molecule has 0 unspecified atom stereocenters. The number of benzene rings is 1. The van der Waals surface area contributed by atoms with E-state index in [-0.39, 0.29) is 11.2 Å². The van der Waals surface area contributed by atoms with E-state index in [0.29, 0.717) is 13.5 Å². The molecule has 1 N–H and O–H groups in total. The van der Waals surface area contributed by atoms with Crippen LogP contribution in [0.4, 0.5) is 5.69 Å². The largest absolute Gasteiger partial charge is 0.312 e. The summed E-state index contributed by atoms with van der Waals surface area (Å²) in [6.45, 7) is 0. The van der Waals surface area contributed by atoms with Gasteiger partial charge < -0.3 is 4.98 Å². The first-order valence-electron chi connectivity index (χ1n) is 4.74. The topological polar surface area (TPSA) is 88.9 Å². The van der Waals surface area contributed by atoms with E-state index in [1.54, 1.807) is 18.2 Å². The molecule has 0 spiro atoms. The highest BCUT2D eigenvalue weighted by molar-refractivity contribution is 14.1. The van der Waals surface area contributed by atoms with E-state index in [4.69, 9.17) is 0 Å². The van der Waals surface area contributed by atoms with Crippen LogP contribution in [0.5, 0.6) is 0 Å². The zero-order valence-corrected chi connectivity index (χ0v) is 11.8. The minimum atomic E-state index is -0.456. The molecule has 0 aliphatic rings. The lowest BCUT2D eigenvalue weighted by Crippen LogP contribution is -2.11. The first kappa shape index (κ1) is 13.0. The molecule has 0 bridgehead atoms. The summed E-state index contributed by atoms with van der Waals surface area (Å²) in [4.78, 5) is 28.7. The lowest BCUT2D eigenvalue weighted by atomic mass is 10.3. The zero-order chi connectivity index (χ0) is 13.1. The Bertz CT molecular complexity index is 659. The minimum Gasteiger partial charge on any atom is -0.312 e. The molecule has 0 atom stereocenters. The zero-order valence-electron chi connectivity index (χ0n) is 8.79. The van der Waals surface area contributed by atoms with Gasteiger partial charge in [-0.25, -0.2) is 4.98 Å². The molecule has 0 aliphatic heterocycles. The highest BCUT2D eigenvalue weighted by Gasteiger charge is 2.16. The Hall–Kier alpha value is -1.42. The SMILES string of the molecule is O=c1[nH]cnc(Sc2ccccc2[N+](=O)[O-])c1I. The normalized spacial score (nSPS) is 10.3. The number of hydrogen-bond donors (Lipinski definition) is 1. The van der Waals surface area contributed by atoms with Crippen LogP contribution < -0.4 is 5.56 Å². The fourth-order valence-electron chi connectivity index (χ4n) is 1.24. The molecule has 92 valence electrons. The summed E-state index contributed by atoms with van der Waals surface area (Å²) in [7, 11) is 0. The Labute approximate surface area is 119 Å². The lowest BCUT2D eigenvalue weighted by molar-refractivity contribution is -0.387. The van der Waals surface area contributed by atoms with E-state index in [9.17, 15) is 14.9 Å². The second-order valence-corrected chi connectivity index (χ2v) is 5.29. The van der Waals surface area contributed by atoms with Crippen LogP contribution >= 0.6 is 34.4 Å². The molecule has 0 aliphatic carbocycles. The number of nitro groups is 1. The summed E-state index contributed by atoms with van der Waals surface area (Å²) < 4.78 is 0.415. The van der Waals surface area contributed by atoms with Gasteiger partial charge in [0.25, 0.3) is 11.2 Å². The third-order valence-electron chi connectivity index (χ3n) is 2.03. The van der Waals surface area contributed by atoms with Gasteiger partial charge in [0, 0.05) is 6.07 Å². The molecule has 0 amide bonds. The van der Waals surface area contributed by atoms with E-state index in [1.165, 1.54) is 12.4 Å². The molecule has 2 rings (SSSR count). The Kier molecular flexibility index (Phi) is 3.97. The summed E-state index contributed by atoms with van der Waals surface area (Å²) in [6, 6.07) is 6.35. The fraction of sp³-hybridized carbons (Fsp3) is 0. The average molecular weight is 375 g/mol. The van der Waals surface area contributed by atoms with Crippen molar-refractivity contribution >= 4 is 40.0 Å². The molecule has 0 fully saturated rings. The smallest absolute Gasteiger partial charge is 0.283 e. The number of H-pyrrole nitrogens is 1. The number of halogens is 1. The Morgan fingerprint density at radius 3 is 2.83 bits per heavy atom. The van der Waals surface area contributed by atoms with Crippen molar-refractivity contribution in [3.8, 4) is 0 Å². The molecule has 0 saturated heterocycles. The highest BCUT2D eigenvalue weighted by Crippen LogP contribution is 2.34. The van der Waals surface area contributed by atoms with Crippen molar-refractivity contribution in [2.45, 2.75) is 9.92 Å². The van der Waals surface area contributed by atoms with Crippen molar-refractivity contribution in [2.75, 3.05) is 0 Å². The van der Waals surface area contributed by atoms with Crippen LogP contribution in [0.15, 0.2) is 45.3 Å². The summed E-state index contributed by atoms with van der Waals surface area (Å²) in [6.07, 6.45) is 1.28. The molecule has 0 radical (unpaired) electrons. The summed E-state index contributed by atoms with van der Waals surface area (Å²) >= 11 is 2.97. The molecule has 1 aromatic carbocycles. The molecular formula is C10H6IN3O3S. The molecule has 6 nitrogen and oxygen atoms in total. The predicted molar refractivity (Wildman–Crippen MR) is 74.8 cm³/mol. The molecular weight excluding hydrogens is 369 g/mol. The van der Waals surface area contributed by atoms with E-state index < -0.39 is 4.92 Å². The Morgan fingerprint density at radius 1 is 1.39 bits per heavy atom. The van der Waals surface area contributed by atoms with Crippen molar-refractivity contribution in [2.24, 2.45) is 0 Å². The van der Waals surface area contributed by atoms with Crippen LogP contribution in [0.1, 0.15) is 0 Å². The van der Waals surface area contributed by atoms with Gasteiger partial charge in [0.2, 0.25) is 0 Å². The van der Waals surface area contributed by atoms with Gasteiger partial charge in [-0.2, -0.15) is 0 Å². The number of para-hydroxylation sites is 1. The maximum atomic E-state index is 11.4. The van der Waals surface area contributed by atoms with Gasteiger partial charge >= 0.3 is 0 Å². The highest BCUT2D eigenvalue weighted by atomic mass is 127. The summed E-state index contributed by atoms with van der Waals surface area (Å²) in [5.41, 5.74) is -0.257. The van der Waals surface area contributed by atoms with Crippen molar-refractivity contribution in [3.63, 3.8) is 0 Å².